The number of piperazine rings is 1. The Bertz CT molecular complexity index is 1810. The van der Waals surface area contributed by atoms with Crippen LogP contribution in [0.1, 0.15) is 25.7 Å². The summed E-state index contributed by atoms with van der Waals surface area (Å²) in [5, 5.41) is 3.68. The van der Waals surface area contributed by atoms with E-state index < -0.39 is 0 Å². The van der Waals surface area contributed by atoms with E-state index in [-0.39, 0.29) is 24.6 Å². The van der Waals surface area contributed by atoms with Gasteiger partial charge in [-0.3, -0.25) is 14.5 Å². The molecule has 0 radical (unpaired) electrons. The minimum atomic E-state index is -0.260. The zero-order chi connectivity index (χ0) is 29.3. The number of hydrogen-bond acceptors (Lipinski definition) is 9. The van der Waals surface area contributed by atoms with Gasteiger partial charge in [0.25, 0.3) is 11.5 Å². The number of anilines is 4. The summed E-state index contributed by atoms with van der Waals surface area (Å²) in [5.41, 5.74) is 2.12. The molecule has 0 atom stereocenters. The van der Waals surface area contributed by atoms with Crippen molar-refractivity contribution in [1.29, 1.82) is 0 Å². The topological polar surface area (TPSA) is 114 Å². The lowest BCUT2D eigenvalue weighted by molar-refractivity contribution is -0.121. The van der Waals surface area contributed by atoms with Gasteiger partial charge in [-0.15, -0.1) is 5.92 Å². The van der Waals surface area contributed by atoms with Crippen molar-refractivity contribution in [2.75, 3.05) is 61.5 Å². The zero-order valence-corrected chi connectivity index (χ0v) is 24.1. The number of nitrogens with zero attached hydrogens (tertiary/aromatic N) is 8. The molecule has 3 aromatic heterocycles. The molecular weight excluding hydrogens is 546 g/mol. The van der Waals surface area contributed by atoms with Crippen molar-refractivity contribution < 1.29 is 9.53 Å². The fourth-order valence-corrected chi connectivity index (χ4v) is 5.73. The molecule has 12 nitrogen and oxygen atoms in total. The van der Waals surface area contributed by atoms with Crippen molar-refractivity contribution in [3.8, 4) is 23.4 Å². The number of aromatic nitrogens is 5. The van der Waals surface area contributed by atoms with Crippen LogP contribution in [0.3, 0.4) is 0 Å². The molecule has 0 aliphatic carbocycles. The molecule has 6 heterocycles. The molecular formula is C31H33N9O3. The monoisotopic (exact) mass is 579 g/mol. The van der Waals surface area contributed by atoms with E-state index in [0.717, 1.165) is 63.2 Å². The summed E-state index contributed by atoms with van der Waals surface area (Å²) in [4.78, 5) is 47.0. The molecule has 0 spiro atoms. The fraction of sp³-hybridized carbons (Fsp3) is 0.387. The van der Waals surface area contributed by atoms with Crippen LogP contribution in [-0.4, -0.2) is 81.5 Å². The highest BCUT2D eigenvalue weighted by atomic mass is 16.5. The van der Waals surface area contributed by atoms with Crippen LogP contribution >= 0.6 is 0 Å². The molecule has 3 aliphatic rings. The quantitative estimate of drug-likeness (QED) is 0.366. The average molecular weight is 580 g/mol. The van der Waals surface area contributed by atoms with E-state index in [9.17, 15) is 9.59 Å². The first-order chi connectivity index (χ1) is 21.0. The molecule has 7 rings (SSSR count). The highest BCUT2D eigenvalue weighted by molar-refractivity contribution is 5.96. The Hall–Kier alpha value is -4.89. The molecule has 220 valence electrons. The molecule has 1 saturated heterocycles. The van der Waals surface area contributed by atoms with E-state index in [0.29, 0.717) is 40.9 Å². The molecule has 1 N–H and O–H groups in total. The SMILES string of the molecule is CN1CCN(c2cccc(Nc3ncc4c(=O)n5n(c4n3)-c3ccc4c(n3)N(CCCCCC#CC5)C(=O)CO4)c2)CC1. The van der Waals surface area contributed by atoms with Crippen molar-refractivity contribution in [1.82, 2.24) is 29.2 Å². The predicted molar refractivity (Wildman–Crippen MR) is 164 cm³/mol. The average Bonchev–Trinajstić information content (AvgIpc) is 3.29. The van der Waals surface area contributed by atoms with Crippen molar-refractivity contribution in [3.05, 3.63) is 52.9 Å². The summed E-state index contributed by atoms with van der Waals surface area (Å²) >= 11 is 0. The van der Waals surface area contributed by atoms with Gasteiger partial charge in [0.1, 0.15) is 11.9 Å². The number of likely N-dealkylation sites (N-methyl/N-ethyl adjacent to an activating group) is 1. The van der Waals surface area contributed by atoms with Gasteiger partial charge in [0, 0.05) is 56.7 Å². The van der Waals surface area contributed by atoms with Crippen LogP contribution in [0.2, 0.25) is 0 Å². The molecule has 12 heteroatoms. The third-order valence-corrected chi connectivity index (χ3v) is 8.13. The second kappa shape index (κ2) is 11.4. The molecule has 0 unspecified atom stereocenters. The number of hydrogen-bond donors (Lipinski definition) is 1. The number of carbonyl (C=O) groups is 1. The van der Waals surface area contributed by atoms with Crippen molar-refractivity contribution in [2.24, 2.45) is 0 Å². The summed E-state index contributed by atoms with van der Waals surface area (Å²) in [6.07, 6.45) is 4.97. The third kappa shape index (κ3) is 5.28. The maximum absolute atomic E-state index is 13.6. The van der Waals surface area contributed by atoms with E-state index in [1.807, 2.05) is 12.1 Å². The van der Waals surface area contributed by atoms with Crippen LogP contribution < -0.4 is 25.4 Å². The zero-order valence-electron chi connectivity index (χ0n) is 24.1. The first kappa shape index (κ1) is 27.0. The Morgan fingerprint density at radius 1 is 0.953 bits per heavy atom. The summed E-state index contributed by atoms with van der Waals surface area (Å²) < 4.78 is 8.89. The summed E-state index contributed by atoms with van der Waals surface area (Å²) in [5.74, 6) is 8.00. The number of pyridine rings is 1. The Labute approximate surface area is 248 Å². The Balaban J connectivity index is 1.30. The van der Waals surface area contributed by atoms with Gasteiger partial charge in [-0.05, 0) is 50.2 Å². The highest BCUT2D eigenvalue weighted by Gasteiger charge is 2.28. The lowest BCUT2D eigenvalue weighted by Gasteiger charge is -2.34. The summed E-state index contributed by atoms with van der Waals surface area (Å²) in [7, 11) is 2.14. The van der Waals surface area contributed by atoms with E-state index in [1.165, 1.54) is 4.68 Å². The van der Waals surface area contributed by atoms with Crippen molar-refractivity contribution in [3.63, 3.8) is 0 Å². The van der Waals surface area contributed by atoms with Gasteiger partial charge in [-0.2, -0.15) is 4.98 Å². The van der Waals surface area contributed by atoms with Gasteiger partial charge in [-0.1, -0.05) is 18.4 Å². The number of rotatable bonds is 3. The van der Waals surface area contributed by atoms with E-state index in [1.54, 1.807) is 27.9 Å². The van der Waals surface area contributed by atoms with Crippen LogP contribution in [-0.2, 0) is 11.3 Å². The van der Waals surface area contributed by atoms with Gasteiger partial charge in [0.2, 0.25) is 5.95 Å². The lowest BCUT2D eigenvalue weighted by Crippen LogP contribution is -2.44. The van der Waals surface area contributed by atoms with Crippen molar-refractivity contribution >= 4 is 40.1 Å². The molecule has 0 saturated carbocycles. The third-order valence-electron chi connectivity index (χ3n) is 8.13. The van der Waals surface area contributed by atoms with Gasteiger partial charge in [0.15, 0.2) is 29.6 Å². The second-order valence-corrected chi connectivity index (χ2v) is 11.1. The molecule has 4 aromatic rings. The molecule has 2 bridgehead atoms. The molecule has 1 amide bonds. The van der Waals surface area contributed by atoms with E-state index >= 15 is 0 Å². The van der Waals surface area contributed by atoms with Crippen LogP contribution in [0, 0.1) is 11.8 Å². The van der Waals surface area contributed by atoms with Gasteiger partial charge in [0.05, 0.1) is 0 Å². The van der Waals surface area contributed by atoms with Crippen LogP contribution in [0.4, 0.5) is 23.1 Å². The van der Waals surface area contributed by atoms with Crippen LogP contribution in [0.25, 0.3) is 16.9 Å². The number of benzene rings is 1. The minimum Gasteiger partial charge on any atom is -0.480 e. The number of carbonyl (C=O) groups excluding carboxylic acids is 1. The molecule has 43 heavy (non-hydrogen) atoms. The van der Waals surface area contributed by atoms with Crippen molar-refractivity contribution in [2.45, 2.75) is 32.2 Å². The number of ether oxygens (including phenoxy) is 1. The maximum Gasteiger partial charge on any atom is 0.279 e. The maximum atomic E-state index is 13.6. The largest absolute Gasteiger partial charge is 0.480 e. The van der Waals surface area contributed by atoms with Gasteiger partial charge < -0.3 is 19.9 Å². The lowest BCUT2D eigenvalue weighted by atomic mass is 10.2. The summed E-state index contributed by atoms with van der Waals surface area (Å²) in [6.45, 7) is 4.66. The normalized spacial score (nSPS) is 17.5. The number of amides is 1. The van der Waals surface area contributed by atoms with E-state index in [4.69, 9.17) is 14.7 Å². The number of fused-ring (bicyclic) bond motifs is 5. The first-order valence-electron chi connectivity index (χ1n) is 14.7. The second-order valence-electron chi connectivity index (χ2n) is 11.1. The van der Waals surface area contributed by atoms with Gasteiger partial charge >= 0.3 is 0 Å². The molecule has 1 aromatic carbocycles. The first-order valence-corrected chi connectivity index (χ1v) is 14.7. The Morgan fingerprint density at radius 2 is 1.84 bits per heavy atom. The van der Waals surface area contributed by atoms with Gasteiger partial charge in [-0.25, -0.2) is 19.3 Å². The smallest absolute Gasteiger partial charge is 0.279 e. The minimum absolute atomic E-state index is 0.0189. The summed E-state index contributed by atoms with van der Waals surface area (Å²) in [6, 6.07) is 11.8. The Morgan fingerprint density at radius 3 is 2.72 bits per heavy atom. The van der Waals surface area contributed by atoms with Crippen LogP contribution in [0.15, 0.2) is 47.4 Å². The van der Waals surface area contributed by atoms with E-state index in [2.05, 4.69) is 51.1 Å². The Kier molecular flexibility index (Phi) is 7.16. The molecule has 3 aliphatic heterocycles. The fourth-order valence-electron chi connectivity index (χ4n) is 5.73. The standard InChI is InChI=1S/C31H33N9O3/c1-36-15-17-37(18-16-36)23-10-8-9-22(19-23)33-31-32-20-24-28(35-31)40-26-12-11-25-29(34-26)38(27(41)21-43-25)13-6-4-2-3-5-7-14-39(40)30(24)42/h8-12,19-20H,2-4,6,13-18,21H2,1H3,(H,32,33,35). The number of nitrogens with one attached hydrogen (secondary N) is 1. The molecule has 1 fully saturated rings. The predicted octanol–water partition coefficient (Wildman–Crippen LogP) is 2.78. The highest BCUT2D eigenvalue weighted by Crippen LogP contribution is 2.32. The van der Waals surface area contributed by atoms with Crippen LogP contribution in [0.5, 0.6) is 5.75 Å².